The summed E-state index contributed by atoms with van der Waals surface area (Å²) in [5, 5.41) is 3.32. The van der Waals surface area contributed by atoms with E-state index in [1.807, 2.05) is 30.3 Å². The Morgan fingerprint density at radius 2 is 1.85 bits per heavy atom. The first-order chi connectivity index (χ1) is 13.0. The Morgan fingerprint density at radius 3 is 2.48 bits per heavy atom. The molecule has 2 aromatic carbocycles. The Bertz CT molecular complexity index is 842. The number of halogens is 1. The highest BCUT2D eigenvalue weighted by molar-refractivity contribution is 7.80. The number of hydrogen-bond acceptors (Lipinski definition) is 3. The first-order valence-corrected chi connectivity index (χ1v) is 9.06. The molecule has 1 fully saturated rings. The van der Waals surface area contributed by atoms with Crippen molar-refractivity contribution in [3.8, 4) is 0 Å². The molecule has 2 amide bonds. The van der Waals surface area contributed by atoms with Crippen LogP contribution in [0, 0.1) is 5.82 Å². The third-order valence-electron chi connectivity index (χ3n) is 4.54. The number of carbonyl (C=O) groups is 2. The van der Waals surface area contributed by atoms with Crippen LogP contribution in [0.25, 0.3) is 0 Å². The molecule has 3 rings (SSSR count). The molecular weight excluding hydrogens is 365 g/mol. The Balaban J connectivity index is 1.80. The van der Waals surface area contributed by atoms with Gasteiger partial charge in [-0.3, -0.25) is 9.59 Å². The molecule has 0 aliphatic carbocycles. The van der Waals surface area contributed by atoms with E-state index in [0.717, 1.165) is 10.5 Å². The molecule has 1 unspecified atom stereocenters. The number of imide groups is 1. The van der Waals surface area contributed by atoms with Crippen molar-refractivity contribution in [1.82, 2.24) is 10.2 Å². The standard InChI is InChI=1S/C20H20FN3O2S/c1-22-20(27)23(12-11-14-5-3-2-4-6-14)17-13-18(25)24(19(17)26)16-9-7-15(21)8-10-16/h2-10,17H,11-13H2,1H3,(H,22,27). The molecule has 0 bridgehead atoms. The first-order valence-electron chi connectivity index (χ1n) is 8.66. The number of nitrogens with one attached hydrogen (secondary N) is 1. The summed E-state index contributed by atoms with van der Waals surface area (Å²) in [6.45, 7) is 0.505. The number of carbonyl (C=O) groups excluding carboxylic acids is 2. The summed E-state index contributed by atoms with van der Waals surface area (Å²) >= 11 is 5.38. The average Bonchev–Trinajstić information content (AvgIpc) is 2.97. The molecule has 0 saturated carbocycles. The van der Waals surface area contributed by atoms with Crippen LogP contribution in [0.3, 0.4) is 0 Å². The fourth-order valence-corrected chi connectivity index (χ4v) is 3.38. The van der Waals surface area contributed by atoms with E-state index < -0.39 is 11.9 Å². The van der Waals surface area contributed by atoms with E-state index in [2.05, 4.69) is 5.32 Å². The molecule has 0 aromatic heterocycles. The maximum atomic E-state index is 13.2. The first kappa shape index (κ1) is 19.0. The highest BCUT2D eigenvalue weighted by Gasteiger charge is 2.43. The van der Waals surface area contributed by atoms with Crippen molar-refractivity contribution >= 4 is 34.8 Å². The van der Waals surface area contributed by atoms with Gasteiger partial charge in [-0.15, -0.1) is 0 Å². The van der Waals surface area contributed by atoms with Gasteiger partial charge >= 0.3 is 0 Å². The number of amides is 2. The highest BCUT2D eigenvalue weighted by Crippen LogP contribution is 2.26. The van der Waals surface area contributed by atoms with Gasteiger partial charge in [-0.1, -0.05) is 30.3 Å². The van der Waals surface area contributed by atoms with Crippen LogP contribution in [-0.4, -0.2) is 41.5 Å². The van der Waals surface area contributed by atoms with Crippen molar-refractivity contribution in [2.24, 2.45) is 0 Å². The van der Waals surface area contributed by atoms with Crippen molar-refractivity contribution in [2.45, 2.75) is 18.9 Å². The number of anilines is 1. The minimum absolute atomic E-state index is 0.0345. The number of hydrogen-bond donors (Lipinski definition) is 1. The molecule has 7 heteroatoms. The van der Waals surface area contributed by atoms with Gasteiger partial charge in [0.25, 0.3) is 5.91 Å². The van der Waals surface area contributed by atoms with Crippen molar-refractivity contribution in [3.63, 3.8) is 0 Å². The normalized spacial score (nSPS) is 16.5. The summed E-state index contributed by atoms with van der Waals surface area (Å²) in [6.07, 6.45) is 0.726. The molecule has 0 spiro atoms. The maximum absolute atomic E-state index is 13.2. The highest BCUT2D eigenvalue weighted by atomic mass is 32.1. The van der Waals surface area contributed by atoms with Crippen LogP contribution in [0.4, 0.5) is 10.1 Å². The minimum atomic E-state index is -0.675. The van der Waals surface area contributed by atoms with Crippen LogP contribution >= 0.6 is 12.2 Å². The lowest BCUT2D eigenvalue weighted by molar-refractivity contribution is -0.122. The van der Waals surface area contributed by atoms with E-state index in [0.29, 0.717) is 23.8 Å². The molecule has 1 N–H and O–H groups in total. The summed E-state index contributed by atoms with van der Waals surface area (Å²) < 4.78 is 13.2. The number of rotatable bonds is 5. The minimum Gasteiger partial charge on any atom is -0.366 e. The molecular formula is C20H20FN3O2S. The zero-order chi connectivity index (χ0) is 19.4. The third-order valence-corrected chi connectivity index (χ3v) is 4.98. The summed E-state index contributed by atoms with van der Waals surface area (Å²) in [7, 11) is 1.69. The fourth-order valence-electron chi connectivity index (χ4n) is 3.16. The summed E-state index contributed by atoms with van der Waals surface area (Å²) in [4.78, 5) is 28.3. The molecule has 5 nitrogen and oxygen atoms in total. The van der Waals surface area contributed by atoms with E-state index in [4.69, 9.17) is 12.2 Å². The van der Waals surface area contributed by atoms with Gasteiger partial charge in [0.2, 0.25) is 5.91 Å². The Kier molecular flexibility index (Phi) is 5.81. The summed E-state index contributed by atoms with van der Waals surface area (Å²) in [5.41, 5.74) is 1.49. The molecule has 1 aliphatic rings. The second-order valence-electron chi connectivity index (χ2n) is 6.25. The maximum Gasteiger partial charge on any atom is 0.257 e. The van der Waals surface area contributed by atoms with E-state index in [9.17, 15) is 14.0 Å². The Labute approximate surface area is 162 Å². The molecule has 1 aliphatic heterocycles. The number of benzene rings is 2. The second-order valence-corrected chi connectivity index (χ2v) is 6.63. The van der Waals surface area contributed by atoms with Gasteiger partial charge in [0.05, 0.1) is 12.1 Å². The van der Waals surface area contributed by atoms with Gasteiger partial charge in [0.15, 0.2) is 5.11 Å². The quantitative estimate of drug-likeness (QED) is 0.633. The predicted octanol–water partition coefficient (Wildman–Crippen LogP) is 2.51. The van der Waals surface area contributed by atoms with Crippen LogP contribution in [-0.2, 0) is 16.0 Å². The zero-order valence-electron chi connectivity index (χ0n) is 14.9. The Morgan fingerprint density at radius 1 is 1.19 bits per heavy atom. The predicted molar refractivity (Wildman–Crippen MR) is 106 cm³/mol. The topological polar surface area (TPSA) is 52.7 Å². The van der Waals surface area contributed by atoms with Crippen LogP contribution in [0.2, 0.25) is 0 Å². The van der Waals surface area contributed by atoms with Crippen LogP contribution in [0.15, 0.2) is 54.6 Å². The smallest absolute Gasteiger partial charge is 0.257 e. The summed E-state index contributed by atoms with van der Waals surface area (Å²) in [5.74, 6) is -1.09. The monoisotopic (exact) mass is 385 g/mol. The lowest BCUT2D eigenvalue weighted by Gasteiger charge is -2.29. The van der Waals surface area contributed by atoms with Gasteiger partial charge in [-0.2, -0.15) is 0 Å². The van der Waals surface area contributed by atoms with E-state index >= 15 is 0 Å². The van der Waals surface area contributed by atoms with Crippen LogP contribution < -0.4 is 10.2 Å². The van der Waals surface area contributed by atoms with Crippen molar-refractivity contribution in [1.29, 1.82) is 0 Å². The Hall–Kier alpha value is -2.80. The van der Waals surface area contributed by atoms with Crippen molar-refractivity contribution < 1.29 is 14.0 Å². The molecule has 1 atom stereocenters. The van der Waals surface area contributed by atoms with Crippen LogP contribution in [0.5, 0.6) is 0 Å². The second kappa shape index (κ2) is 8.26. The van der Waals surface area contributed by atoms with Crippen molar-refractivity contribution in [3.05, 3.63) is 66.0 Å². The van der Waals surface area contributed by atoms with E-state index in [1.54, 1.807) is 11.9 Å². The molecule has 1 heterocycles. The van der Waals surface area contributed by atoms with Crippen LogP contribution in [0.1, 0.15) is 12.0 Å². The molecule has 2 aromatic rings. The molecule has 0 radical (unpaired) electrons. The molecule has 140 valence electrons. The fraction of sp³-hybridized carbons (Fsp3) is 0.250. The van der Waals surface area contributed by atoms with E-state index in [1.165, 1.54) is 24.3 Å². The molecule has 27 heavy (non-hydrogen) atoms. The van der Waals surface area contributed by atoms with Gasteiger partial charge in [-0.05, 0) is 48.5 Å². The summed E-state index contributed by atoms with van der Waals surface area (Å²) in [6, 6.07) is 14.5. The average molecular weight is 385 g/mol. The van der Waals surface area contributed by atoms with Gasteiger partial charge < -0.3 is 10.2 Å². The lowest BCUT2D eigenvalue weighted by Crippen LogP contribution is -2.49. The van der Waals surface area contributed by atoms with E-state index in [-0.39, 0.29) is 18.2 Å². The lowest BCUT2D eigenvalue weighted by atomic mass is 10.1. The van der Waals surface area contributed by atoms with Crippen molar-refractivity contribution in [2.75, 3.05) is 18.5 Å². The van der Waals surface area contributed by atoms with Gasteiger partial charge in [0, 0.05) is 13.6 Å². The van der Waals surface area contributed by atoms with Gasteiger partial charge in [0.1, 0.15) is 11.9 Å². The number of nitrogens with zero attached hydrogens (tertiary/aromatic N) is 2. The van der Waals surface area contributed by atoms with Gasteiger partial charge in [-0.25, -0.2) is 9.29 Å². The SMILES string of the molecule is CNC(=S)N(CCc1ccccc1)C1CC(=O)N(c2ccc(F)cc2)C1=O. The largest absolute Gasteiger partial charge is 0.366 e. The number of thiocarbonyl (C=S) groups is 1. The zero-order valence-corrected chi connectivity index (χ0v) is 15.7. The molecule has 1 saturated heterocycles. The third kappa shape index (κ3) is 4.14.